The van der Waals surface area contributed by atoms with Crippen LogP contribution in [0.25, 0.3) is 0 Å². The maximum absolute atomic E-state index is 13.2. The van der Waals surface area contributed by atoms with Gasteiger partial charge in [-0.1, -0.05) is 128 Å². The molecule has 0 fully saturated rings. The van der Waals surface area contributed by atoms with Gasteiger partial charge in [0.15, 0.2) is 6.10 Å². The second kappa shape index (κ2) is 37.4. The van der Waals surface area contributed by atoms with Crippen molar-refractivity contribution in [3.05, 3.63) is 24.3 Å². The minimum absolute atomic E-state index is 0.0582. The summed E-state index contributed by atoms with van der Waals surface area (Å²) < 4.78 is 27.0. The number of hydrogen-bond donors (Lipinski definition) is 0. The van der Waals surface area contributed by atoms with Crippen molar-refractivity contribution in [3.63, 3.8) is 0 Å². The van der Waals surface area contributed by atoms with E-state index in [1.54, 1.807) is 0 Å². The molecule has 51 heavy (non-hydrogen) atoms. The first kappa shape index (κ1) is 48.6. The molecule has 0 saturated carbocycles. The van der Waals surface area contributed by atoms with Crippen LogP contribution in [0.5, 0.6) is 0 Å². The molecule has 0 rings (SSSR count). The van der Waals surface area contributed by atoms with Gasteiger partial charge in [0.05, 0.1) is 13.2 Å². The Kier molecular flexibility index (Phi) is 35.6. The summed E-state index contributed by atoms with van der Waals surface area (Å²) in [6.45, 7) is 5.37. The van der Waals surface area contributed by atoms with Crippen molar-refractivity contribution in [1.29, 1.82) is 0 Å². The van der Waals surface area contributed by atoms with E-state index < -0.39 is 24.3 Å². The van der Waals surface area contributed by atoms with E-state index in [2.05, 4.69) is 38.2 Å². The van der Waals surface area contributed by atoms with Crippen LogP contribution in [-0.4, -0.2) is 82.8 Å². The molecule has 0 heterocycles. The lowest BCUT2D eigenvalue weighted by molar-refractivity contribution is -0.170. The van der Waals surface area contributed by atoms with Gasteiger partial charge in [-0.25, -0.2) is 9.59 Å². The van der Waals surface area contributed by atoms with Crippen LogP contribution in [0.3, 0.4) is 0 Å². The number of ether oxygens (including phenoxy) is 5. The third-order valence-corrected chi connectivity index (χ3v) is 8.69. The van der Waals surface area contributed by atoms with Crippen LogP contribution in [-0.2, 0) is 33.3 Å². The first-order valence-corrected chi connectivity index (χ1v) is 20.5. The van der Waals surface area contributed by atoms with Crippen molar-refractivity contribution in [2.45, 2.75) is 180 Å². The van der Waals surface area contributed by atoms with Crippen molar-refractivity contribution >= 4 is 18.1 Å². The zero-order chi connectivity index (χ0) is 37.6. The maximum Gasteiger partial charge on any atom is 0.509 e. The fourth-order valence-electron chi connectivity index (χ4n) is 5.61. The topological polar surface area (TPSA) is 101 Å². The lowest BCUT2D eigenvalue weighted by atomic mass is 10.0. The molecule has 0 saturated heterocycles. The van der Waals surface area contributed by atoms with E-state index >= 15 is 0 Å². The summed E-state index contributed by atoms with van der Waals surface area (Å²) in [6.07, 6.45) is 31.4. The van der Waals surface area contributed by atoms with Crippen LogP contribution < -0.4 is 0 Å². The van der Waals surface area contributed by atoms with E-state index in [0.29, 0.717) is 19.3 Å². The standard InChI is InChI=1S/C42H77NO8/c1-6-8-10-12-14-16-18-19-20-21-22-24-26-28-30-33-40(44)49-37-38(36-47-5)50-41(45)39(51-42(46)48-35-31-34-43(3)4)32-29-27-25-23-17-15-13-11-9-7-2/h14,16,19-20,38-39H,6-13,15,17-18,21-37H2,1-5H3/b16-14-,20-19-. The highest BCUT2D eigenvalue weighted by molar-refractivity contribution is 5.77. The van der Waals surface area contributed by atoms with Crippen LogP contribution in [0, 0.1) is 0 Å². The van der Waals surface area contributed by atoms with Crippen LogP contribution in [0.15, 0.2) is 24.3 Å². The third kappa shape index (κ3) is 34.5. The molecule has 0 radical (unpaired) electrons. The highest BCUT2D eigenvalue weighted by Crippen LogP contribution is 2.16. The Morgan fingerprint density at radius 2 is 1.16 bits per heavy atom. The monoisotopic (exact) mass is 724 g/mol. The Bertz CT molecular complexity index is 875. The lowest BCUT2D eigenvalue weighted by Crippen LogP contribution is -2.36. The molecule has 0 N–H and O–H groups in total. The summed E-state index contributed by atoms with van der Waals surface area (Å²) in [5.74, 6) is -1.000. The molecule has 0 amide bonds. The lowest BCUT2D eigenvalue weighted by Gasteiger charge is -2.21. The normalized spacial score (nSPS) is 12.8. The molecule has 298 valence electrons. The van der Waals surface area contributed by atoms with Gasteiger partial charge in [-0.05, 0) is 71.9 Å². The molecule has 0 aliphatic rings. The molecule has 0 aromatic rings. The van der Waals surface area contributed by atoms with Crippen molar-refractivity contribution in [3.8, 4) is 0 Å². The Labute approximate surface area is 312 Å². The van der Waals surface area contributed by atoms with Gasteiger partial charge in [-0.2, -0.15) is 0 Å². The maximum atomic E-state index is 13.2. The SMILES string of the molecule is CCCCC/C=C\C/C=C\CCCCCCCC(=O)OCC(COC)OC(=O)C(CCCCCCCCCCCC)OC(=O)OCCCN(C)C. The molecule has 9 heteroatoms. The number of carbonyl (C=O) groups is 3. The average Bonchev–Trinajstić information content (AvgIpc) is 3.11. The number of carbonyl (C=O) groups excluding carboxylic acids is 3. The van der Waals surface area contributed by atoms with Gasteiger partial charge in [0.25, 0.3) is 0 Å². The number of nitrogens with zero attached hydrogens (tertiary/aromatic N) is 1. The van der Waals surface area contributed by atoms with E-state index in [-0.39, 0.29) is 25.8 Å². The summed E-state index contributed by atoms with van der Waals surface area (Å²) in [5.41, 5.74) is 0. The van der Waals surface area contributed by atoms with E-state index in [9.17, 15) is 14.4 Å². The fourth-order valence-corrected chi connectivity index (χ4v) is 5.61. The number of unbranched alkanes of at least 4 members (excludes halogenated alkanes) is 17. The molecule has 2 unspecified atom stereocenters. The van der Waals surface area contributed by atoms with Crippen molar-refractivity contribution < 1.29 is 38.1 Å². The molecule has 0 aliphatic carbocycles. The second-order valence-corrected chi connectivity index (χ2v) is 14.0. The summed E-state index contributed by atoms with van der Waals surface area (Å²) in [4.78, 5) is 40.0. The Hall–Kier alpha value is -2.39. The number of hydrogen-bond acceptors (Lipinski definition) is 9. The summed E-state index contributed by atoms with van der Waals surface area (Å²) in [5, 5.41) is 0. The Morgan fingerprint density at radius 1 is 0.608 bits per heavy atom. The van der Waals surface area contributed by atoms with E-state index in [1.165, 1.54) is 71.3 Å². The van der Waals surface area contributed by atoms with Crippen LogP contribution in [0.2, 0.25) is 0 Å². The van der Waals surface area contributed by atoms with Crippen molar-refractivity contribution in [2.75, 3.05) is 47.6 Å². The zero-order valence-electron chi connectivity index (χ0n) is 33.5. The van der Waals surface area contributed by atoms with Gasteiger partial charge < -0.3 is 28.6 Å². The molecule has 9 nitrogen and oxygen atoms in total. The predicted octanol–water partition coefficient (Wildman–Crippen LogP) is 10.7. The molecule has 0 aromatic heterocycles. The summed E-state index contributed by atoms with van der Waals surface area (Å²) in [7, 11) is 5.39. The van der Waals surface area contributed by atoms with E-state index in [0.717, 1.165) is 77.2 Å². The smallest absolute Gasteiger partial charge is 0.462 e. The molecular weight excluding hydrogens is 646 g/mol. The highest BCUT2D eigenvalue weighted by atomic mass is 16.7. The average molecular weight is 724 g/mol. The highest BCUT2D eigenvalue weighted by Gasteiger charge is 2.28. The second-order valence-electron chi connectivity index (χ2n) is 14.0. The largest absolute Gasteiger partial charge is 0.509 e. The quantitative estimate of drug-likeness (QED) is 0.0270. The minimum Gasteiger partial charge on any atom is -0.462 e. The Balaban J connectivity index is 4.53. The van der Waals surface area contributed by atoms with Crippen LogP contribution in [0.1, 0.15) is 168 Å². The summed E-state index contributed by atoms with van der Waals surface area (Å²) in [6, 6.07) is 0. The molecule has 0 aliphatic heterocycles. The molecule has 2 atom stereocenters. The van der Waals surface area contributed by atoms with Gasteiger partial charge in [-0.3, -0.25) is 4.79 Å². The van der Waals surface area contributed by atoms with Gasteiger partial charge >= 0.3 is 18.1 Å². The van der Waals surface area contributed by atoms with Crippen LogP contribution >= 0.6 is 0 Å². The van der Waals surface area contributed by atoms with E-state index in [1.807, 2.05) is 19.0 Å². The van der Waals surface area contributed by atoms with Crippen LogP contribution in [0.4, 0.5) is 4.79 Å². The molecule has 0 spiro atoms. The molecule has 0 aromatic carbocycles. The van der Waals surface area contributed by atoms with Gasteiger partial charge in [-0.15, -0.1) is 0 Å². The van der Waals surface area contributed by atoms with Gasteiger partial charge in [0.2, 0.25) is 6.10 Å². The number of allylic oxidation sites excluding steroid dienone is 4. The molecule has 0 bridgehead atoms. The number of esters is 2. The fraction of sp³-hybridized carbons (Fsp3) is 0.833. The van der Waals surface area contributed by atoms with Gasteiger partial charge in [0, 0.05) is 20.1 Å². The van der Waals surface area contributed by atoms with Crippen molar-refractivity contribution in [1.82, 2.24) is 4.90 Å². The van der Waals surface area contributed by atoms with Crippen molar-refractivity contribution in [2.24, 2.45) is 0 Å². The molecular formula is C42H77NO8. The number of rotatable bonds is 36. The zero-order valence-corrected chi connectivity index (χ0v) is 33.5. The van der Waals surface area contributed by atoms with E-state index in [4.69, 9.17) is 23.7 Å². The predicted molar refractivity (Wildman–Crippen MR) is 208 cm³/mol. The summed E-state index contributed by atoms with van der Waals surface area (Å²) >= 11 is 0. The first-order chi connectivity index (χ1) is 24.8. The third-order valence-electron chi connectivity index (χ3n) is 8.69. The number of methoxy groups -OCH3 is 1. The minimum atomic E-state index is -1.09. The van der Waals surface area contributed by atoms with Gasteiger partial charge in [0.1, 0.15) is 6.61 Å². The Morgan fingerprint density at radius 3 is 1.76 bits per heavy atom. The first-order valence-electron chi connectivity index (χ1n) is 20.5.